The fourth-order valence-electron chi connectivity index (χ4n) is 3.20. The van der Waals surface area contributed by atoms with Crippen molar-refractivity contribution in [1.82, 2.24) is 0 Å². The summed E-state index contributed by atoms with van der Waals surface area (Å²) in [6.07, 6.45) is 0. The van der Waals surface area contributed by atoms with Crippen LogP contribution in [-0.2, 0) is 15.1 Å². The second kappa shape index (κ2) is 16.1. The van der Waals surface area contributed by atoms with E-state index in [-0.39, 0.29) is 27.7 Å². The molecule has 1 nitrogen and oxygen atoms in total. The van der Waals surface area contributed by atoms with Gasteiger partial charge in [0.2, 0.25) is 0 Å². The molecule has 0 bridgehead atoms. The van der Waals surface area contributed by atoms with Crippen LogP contribution in [-0.4, -0.2) is 11.7 Å². The third kappa shape index (κ3) is 9.15. The number of benzene rings is 4. The average molecular weight is 571 g/mol. The van der Waals surface area contributed by atoms with Crippen molar-refractivity contribution in [2.24, 2.45) is 0 Å². The van der Waals surface area contributed by atoms with Crippen LogP contribution in [0.1, 0.15) is 18.4 Å². The van der Waals surface area contributed by atoms with Crippen molar-refractivity contribution < 1.29 is 20.3 Å². The molecule has 0 saturated carbocycles. The zero-order chi connectivity index (χ0) is 23.0. The number of aliphatic hydroxyl groups is 1. The molecule has 1 unspecified atom stereocenters. The molecule has 32 heavy (non-hydrogen) atoms. The van der Waals surface area contributed by atoms with Crippen LogP contribution < -0.4 is 15.9 Å². The topological polar surface area (TPSA) is 20.2 Å². The van der Waals surface area contributed by atoms with Crippen molar-refractivity contribution in [3.63, 3.8) is 0 Å². The van der Waals surface area contributed by atoms with Gasteiger partial charge in [-0.05, 0) is 42.0 Å². The Morgan fingerprint density at radius 3 is 1.19 bits per heavy atom. The van der Waals surface area contributed by atoms with E-state index < -0.39 is 7.92 Å². The van der Waals surface area contributed by atoms with E-state index in [0.717, 1.165) is 0 Å². The standard InChI is InChI=1S/C18H15P.C9H12O.2ClH.Ru/c1-4-10-16(11-5-1)19(17-12-6-2-7-13-17)18-14-8-3-9-15-18;1-8(7-10)9-5-3-2-4-6-9;;;/h1-15H;2-6,8,10H,7H2,1H3;2*1H;/q;;;;+2/p-1. The Hall–Kier alpha value is -1.53. The van der Waals surface area contributed by atoms with Gasteiger partial charge in [0.05, 0.1) is 7.92 Å². The molecule has 4 rings (SSSR count). The van der Waals surface area contributed by atoms with Crippen molar-refractivity contribution in [2.45, 2.75) is 12.8 Å². The Labute approximate surface area is 208 Å². The van der Waals surface area contributed by atoms with E-state index in [2.05, 4.69) is 91.0 Å². The Kier molecular flexibility index (Phi) is 13.5. The summed E-state index contributed by atoms with van der Waals surface area (Å²) in [5.74, 6) is 0.265. The second-order valence-electron chi connectivity index (χ2n) is 7.02. The SMILES string of the molecule is CC(CO)c1ccccc1.[Cl][Ru][Cl].c1ccc([PH+](c2ccccc2)c2ccccc2)cc1. The monoisotopic (exact) mass is 571 g/mol. The van der Waals surface area contributed by atoms with E-state index in [4.69, 9.17) is 24.5 Å². The molecule has 0 radical (unpaired) electrons. The number of hydrogen-bond acceptors (Lipinski definition) is 1. The van der Waals surface area contributed by atoms with Crippen LogP contribution in [0.4, 0.5) is 0 Å². The van der Waals surface area contributed by atoms with E-state index >= 15 is 0 Å². The Morgan fingerprint density at radius 1 is 0.625 bits per heavy atom. The predicted molar refractivity (Wildman–Crippen MR) is 140 cm³/mol. The zero-order valence-electron chi connectivity index (χ0n) is 17.9. The summed E-state index contributed by atoms with van der Waals surface area (Å²) >= 11 is -0.346. The Bertz CT molecular complexity index is 880. The third-order valence-electron chi connectivity index (χ3n) is 4.83. The molecule has 0 aliphatic carbocycles. The number of halogens is 2. The minimum atomic E-state index is -0.877. The molecule has 1 atom stereocenters. The van der Waals surface area contributed by atoms with E-state index in [1.807, 2.05) is 37.3 Å². The molecule has 5 heteroatoms. The van der Waals surface area contributed by atoms with Crippen molar-refractivity contribution in [3.8, 4) is 0 Å². The molecule has 0 fully saturated rings. The largest absolute Gasteiger partial charge is 0.102 e. The van der Waals surface area contributed by atoms with E-state index in [1.165, 1.54) is 21.5 Å². The van der Waals surface area contributed by atoms with Crippen LogP contribution in [0.5, 0.6) is 0 Å². The molecule has 0 aliphatic rings. The van der Waals surface area contributed by atoms with Crippen LogP contribution in [0.3, 0.4) is 0 Å². The summed E-state index contributed by atoms with van der Waals surface area (Å²) in [4.78, 5) is 0. The average Bonchev–Trinajstić information content (AvgIpc) is 2.87. The number of hydrogen-bond donors (Lipinski definition) is 1. The van der Waals surface area contributed by atoms with Gasteiger partial charge in [-0.15, -0.1) is 0 Å². The van der Waals surface area contributed by atoms with Crippen molar-refractivity contribution in [1.29, 1.82) is 0 Å². The minimum Gasteiger partial charge on any atom is -0.0620 e. The summed E-state index contributed by atoms with van der Waals surface area (Å²) in [5.41, 5.74) is 1.20. The first-order chi connectivity index (χ1) is 15.7. The molecular weight excluding hydrogens is 543 g/mol. The van der Waals surface area contributed by atoms with Gasteiger partial charge in [-0.3, -0.25) is 0 Å². The predicted octanol–water partition coefficient (Wildman–Crippen LogP) is 6.34. The third-order valence-corrected chi connectivity index (χ3v) is 7.56. The molecule has 4 aromatic rings. The van der Waals surface area contributed by atoms with E-state index in [9.17, 15) is 0 Å². The minimum absolute atomic E-state index is 0.226. The van der Waals surface area contributed by atoms with Crippen LogP contribution in [0.15, 0.2) is 121 Å². The molecular formula is C27H28Cl2OPRu+. The first-order valence-corrected chi connectivity index (χ1v) is 16.2. The van der Waals surface area contributed by atoms with E-state index in [0.29, 0.717) is 0 Å². The molecule has 0 saturated heterocycles. The Morgan fingerprint density at radius 2 is 0.906 bits per heavy atom. The van der Waals surface area contributed by atoms with Gasteiger partial charge in [-0.2, -0.15) is 0 Å². The molecule has 1 N–H and O–H groups in total. The molecule has 0 amide bonds. The summed E-state index contributed by atoms with van der Waals surface area (Å²) < 4.78 is 0. The van der Waals surface area contributed by atoms with Gasteiger partial charge in [0.25, 0.3) is 0 Å². The number of aliphatic hydroxyl groups excluding tert-OH is 1. The summed E-state index contributed by atoms with van der Waals surface area (Å²) in [7, 11) is 8.83. The maximum atomic E-state index is 8.79. The molecule has 0 aromatic heterocycles. The molecule has 168 valence electrons. The maximum Gasteiger partial charge on any atom is 0.102 e. The molecule has 4 aromatic carbocycles. The van der Waals surface area contributed by atoms with Gasteiger partial charge in [-0.1, -0.05) is 91.9 Å². The smallest absolute Gasteiger partial charge is 0.0620 e. The second-order valence-corrected chi connectivity index (χ2v) is 12.1. The fraction of sp³-hybridized carbons (Fsp3) is 0.111. The first-order valence-electron chi connectivity index (χ1n) is 10.3. The Balaban J connectivity index is 0.000000235. The molecule has 0 heterocycles. The van der Waals surface area contributed by atoms with Crippen molar-refractivity contribution in [3.05, 3.63) is 127 Å². The van der Waals surface area contributed by atoms with Gasteiger partial charge in [-0.25, -0.2) is 0 Å². The van der Waals surface area contributed by atoms with Crippen LogP contribution in [0.25, 0.3) is 0 Å². The van der Waals surface area contributed by atoms with Crippen molar-refractivity contribution in [2.75, 3.05) is 6.61 Å². The quantitative estimate of drug-likeness (QED) is 0.219. The maximum absolute atomic E-state index is 8.79. The zero-order valence-corrected chi connectivity index (χ0v) is 22.1. The molecule has 0 spiro atoms. The summed E-state index contributed by atoms with van der Waals surface area (Å²) in [6.45, 7) is 2.24. The normalized spacial score (nSPS) is 11.0. The van der Waals surface area contributed by atoms with Crippen LogP contribution >= 0.6 is 27.3 Å². The van der Waals surface area contributed by atoms with Gasteiger partial charge < -0.3 is 5.11 Å². The van der Waals surface area contributed by atoms with Crippen LogP contribution in [0.2, 0.25) is 0 Å². The number of rotatable bonds is 5. The summed E-state index contributed by atoms with van der Waals surface area (Å²) in [6, 6.07) is 42.5. The van der Waals surface area contributed by atoms with Gasteiger partial charge >= 0.3 is 34.5 Å². The van der Waals surface area contributed by atoms with Crippen molar-refractivity contribution >= 4 is 43.2 Å². The van der Waals surface area contributed by atoms with Gasteiger partial charge in [0.15, 0.2) is 0 Å². The fourth-order valence-corrected chi connectivity index (χ4v) is 5.78. The van der Waals surface area contributed by atoms with Gasteiger partial charge in [0.1, 0.15) is 15.9 Å². The van der Waals surface area contributed by atoms with E-state index in [1.54, 1.807) is 0 Å². The first kappa shape index (κ1) is 26.7. The molecule has 0 aliphatic heterocycles. The van der Waals surface area contributed by atoms with Crippen LogP contribution in [0, 0.1) is 0 Å². The van der Waals surface area contributed by atoms with Gasteiger partial charge in [0, 0.05) is 12.5 Å². The summed E-state index contributed by atoms with van der Waals surface area (Å²) in [5, 5.41) is 13.1.